The third-order valence-electron chi connectivity index (χ3n) is 5.62. The SMILES string of the molecule is CCc1nc(N(C)Cc2ccc(C(=O)Nc3ccc(Cl)c(-c4ccccn4)c3)c(Cl)c2)ncc1C(=O)O. The molecule has 188 valence electrons. The van der Waals surface area contributed by atoms with Gasteiger partial charge >= 0.3 is 5.97 Å². The third-order valence-corrected chi connectivity index (χ3v) is 6.27. The van der Waals surface area contributed by atoms with E-state index in [1.54, 1.807) is 54.5 Å². The molecule has 4 rings (SSSR count). The van der Waals surface area contributed by atoms with E-state index in [-0.39, 0.29) is 11.5 Å². The number of nitrogens with one attached hydrogen (secondary N) is 1. The van der Waals surface area contributed by atoms with E-state index in [1.807, 2.05) is 25.1 Å². The first-order valence-electron chi connectivity index (χ1n) is 11.4. The number of aromatic nitrogens is 3. The van der Waals surface area contributed by atoms with E-state index < -0.39 is 5.97 Å². The molecule has 0 fully saturated rings. The molecule has 4 aromatic rings. The van der Waals surface area contributed by atoms with Gasteiger partial charge in [-0.2, -0.15) is 0 Å². The summed E-state index contributed by atoms with van der Waals surface area (Å²) in [7, 11) is 1.80. The Labute approximate surface area is 223 Å². The Morgan fingerprint density at radius 3 is 2.49 bits per heavy atom. The number of carboxylic acid groups (broad SMARTS) is 1. The van der Waals surface area contributed by atoms with E-state index in [1.165, 1.54) is 6.20 Å². The number of halogens is 2. The largest absolute Gasteiger partial charge is 0.478 e. The molecule has 2 N–H and O–H groups in total. The fourth-order valence-corrected chi connectivity index (χ4v) is 4.25. The highest BCUT2D eigenvalue weighted by molar-refractivity contribution is 6.35. The Kier molecular flexibility index (Phi) is 8.01. The Bertz CT molecular complexity index is 1460. The summed E-state index contributed by atoms with van der Waals surface area (Å²) < 4.78 is 0. The molecule has 1 amide bonds. The van der Waals surface area contributed by atoms with Crippen LogP contribution in [0.25, 0.3) is 11.3 Å². The van der Waals surface area contributed by atoms with E-state index in [0.717, 1.165) is 5.56 Å². The maximum Gasteiger partial charge on any atom is 0.339 e. The molecule has 0 saturated heterocycles. The Morgan fingerprint density at radius 1 is 1.00 bits per heavy atom. The smallest absolute Gasteiger partial charge is 0.339 e. The molecule has 0 radical (unpaired) electrons. The van der Waals surface area contributed by atoms with Crippen LogP contribution in [0, 0.1) is 0 Å². The van der Waals surface area contributed by atoms with E-state index in [9.17, 15) is 14.7 Å². The van der Waals surface area contributed by atoms with Gasteiger partial charge in [0.05, 0.1) is 32.6 Å². The van der Waals surface area contributed by atoms with Gasteiger partial charge in [-0.1, -0.05) is 42.3 Å². The summed E-state index contributed by atoms with van der Waals surface area (Å²) in [5.41, 5.74) is 3.66. The van der Waals surface area contributed by atoms with E-state index in [4.69, 9.17) is 23.2 Å². The maximum absolute atomic E-state index is 13.0. The van der Waals surface area contributed by atoms with Gasteiger partial charge < -0.3 is 15.3 Å². The van der Waals surface area contributed by atoms with Crippen LogP contribution in [0.5, 0.6) is 0 Å². The number of benzene rings is 2. The highest BCUT2D eigenvalue weighted by Crippen LogP contribution is 2.30. The fourth-order valence-electron chi connectivity index (χ4n) is 3.74. The van der Waals surface area contributed by atoms with Crippen molar-refractivity contribution < 1.29 is 14.7 Å². The number of carbonyl (C=O) groups excluding carboxylic acids is 1. The van der Waals surface area contributed by atoms with E-state index in [0.29, 0.717) is 57.2 Å². The zero-order valence-corrected chi connectivity index (χ0v) is 21.6. The topological polar surface area (TPSA) is 108 Å². The van der Waals surface area contributed by atoms with Crippen molar-refractivity contribution in [1.82, 2.24) is 15.0 Å². The first-order chi connectivity index (χ1) is 17.8. The molecule has 8 nitrogen and oxygen atoms in total. The molecule has 0 saturated carbocycles. The average molecular weight is 536 g/mol. The van der Waals surface area contributed by atoms with Crippen LogP contribution in [0.15, 0.2) is 67.0 Å². The van der Waals surface area contributed by atoms with Gasteiger partial charge in [-0.15, -0.1) is 0 Å². The van der Waals surface area contributed by atoms with Crippen molar-refractivity contribution in [3.63, 3.8) is 0 Å². The second kappa shape index (κ2) is 11.4. The molecule has 0 bridgehead atoms. The normalized spacial score (nSPS) is 10.7. The molecule has 2 aromatic heterocycles. The fraction of sp³-hybridized carbons (Fsp3) is 0.148. The maximum atomic E-state index is 13.0. The van der Waals surface area contributed by atoms with Gasteiger partial charge in [-0.3, -0.25) is 9.78 Å². The Morgan fingerprint density at radius 2 is 1.81 bits per heavy atom. The third kappa shape index (κ3) is 6.04. The van der Waals surface area contributed by atoms with Gasteiger partial charge in [0.2, 0.25) is 5.95 Å². The molecule has 0 aliphatic heterocycles. The number of nitrogens with zero attached hydrogens (tertiary/aromatic N) is 4. The standard InChI is InChI=1S/C27H23Cl2N5O3/c1-3-23-20(26(36)37)14-31-27(33-23)34(2)15-16-7-9-18(22(29)12-16)25(35)32-17-8-10-21(28)19(13-17)24-6-4-5-11-30-24/h4-14H,3,15H2,1-2H3,(H,32,35)(H,36,37). The molecule has 0 spiro atoms. The number of anilines is 2. The van der Waals surface area contributed by atoms with Gasteiger partial charge in [-0.05, 0) is 54.4 Å². The summed E-state index contributed by atoms with van der Waals surface area (Å²) in [6, 6.07) is 15.9. The zero-order valence-electron chi connectivity index (χ0n) is 20.1. The van der Waals surface area contributed by atoms with Crippen LogP contribution in [0.4, 0.5) is 11.6 Å². The van der Waals surface area contributed by atoms with Crippen molar-refractivity contribution in [2.75, 3.05) is 17.3 Å². The van der Waals surface area contributed by atoms with Crippen molar-refractivity contribution in [2.45, 2.75) is 19.9 Å². The van der Waals surface area contributed by atoms with Gasteiger partial charge in [0.1, 0.15) is 0 Å². The van der Waals surface area contributed by atoms with Crippen LogP contribution in [0.3, 0.4) is 0 Å². The average Bonchev–Trinajstić information content (AvgIpc) is 2.89. The van der Waals surface area contributed by atoms with E-state index >= 15 is 0 Å². The van der Waals surface area contributed by atoms with Crippen LogP contribution in [-0.2, 0) is 13.0 Å². The summed E-state index contributed by atoms with van der Waals surface area (Å²) in [6.45, 7) is 2.24. The van der Waals surface area contributed by atoms with Gasteiger partial charge in [0.15, 0.2) is 0 Å². The predicted octanol–water partition coefficient (Wildman–Crippen LogP) is 5.99. The van der Waals surface area contributed by atoms with Gasteiger partial charge in [-0.25, -0.2) is 14.8 Å². The first kappa shape index (κ1) is 26.1. The van der Waals surface area contributed by atoms with Crippen LogP contribution in [-0.4, -0.2) is 39.0 Å². The number of aryl methyl sites for hydroxylation is 1. The summed E-state index contributed by atoms with van der Waals surface area (Å²) in [6.07, 6.45) is 3.46. The highest BCUT2D eigenvalue weighted by Gasteiger charge is 2.16. The number of rotatable bonds is 8. The van der Waals surface area contributed by atoms with Crippen molar-refractivity contribution >= 4 is 46.7 Å². The van der Waals surface area contributed by atoms with Crippen LogP contribution in [0.1, 0.15) is 38.9 Å². The lowest BCUT2D eigenvalue weighted by molar-refractivity contribution is 0.0694. The first-order valence-corrected chi connectivity index (χ1v) is 12.1. The second-order valence-electron chi connectivity index (χ2n) is 8.22. The van der Waals surface area contributed by atoms with Crippen molar-refractivity contribution in [2.24, 2.45) is 0 Å². The molecule has 37 heavy (non-hydrogen) atoms. The molecule has 0 aliphatic carbocycles. The number of hydrogen-bond acceptors (Lipinski definition) is 6. The molecule has 10 heteroatoms. The number of amides is 1. The summed E-state index contributed by atoms with van der Waals surface area (Å²) in [4.78, 5) is 39.0. The summed E-state index contributed by atoms with van der Waals surface area (Å²) in [5.74, 6) is -1.02. The number of hydrogen-bond donors (Lipinski definition) is 2. The minimum atomic E-state index is -1.06. The number of pyridine rings is 1. The highest BCUT2D eigenvalue weighted by atomic mass is 35.5. The lowest BCUT2D eigenvalue weighted by Crippen LogP contribution is -2.21. The minimum Gasteiger partial charge on any atom is -0.478 e. The van der Waals surface area contributed by atoms with Crippen LogP contribution >= 0.6 is 23.2 Å². The summed E-state index contributed by atoms with van der Waals surface area (Å²) in [5, 5.41) is 13.0. The van der Waals surface area contributed by atoms with Gasteiger partial charge in [0.25, 0.3) is 5.91 Å². The quantitative estimate of drug-likeness (QED) is 0.285. The van der Waals surface area contributed by atoms with Crippen molar-refractivity contribution in [3.05, 3.63) is 99.4 Å². The lowest BCUT2D eigenvalue weighted by atomic mass is 10.1. The second-order valence-corrected chi connectivity index (χ2v) is 9.04. The number of carbonyl (C=O) groups is 2. The van der Waals surface area contributed by atoms with E-state index in [2.05, 4.69) is 20.3 Å². The Hall–Kier alpha value is -4.01. The summed E-state index contributed by atoms with van der Waals surface area (Å²) >= 11 is 12.8. The van der Waals surface area contributed by atoms with Crippen LogP contribution in [0.2, 0.25) is 10.0 Å². The molecule has 2 aromatic carbocycles. The predicted molar refractivity (Wildman–Crippen MR) is 145 cm³/mol. The molecular formula is C27H23Cl2N5O3. The number of carboxylic acids is 1. The van der Waals surface area contributed by atoms with Gasteiger partial charge in [0, 0.05) is 37.2 Å². The van der Waals surface area contributed by atoms with Crippen LogP contribution < -0.4 is 10.2 Å². The number of aromatic carboxylic acids is 1. The Balaban J connectivity index is 1.48. The molecule has 2 heterocycles. The molecule has 0 aliphatic rings. The van der Waals surface area contributed by atoms with Crippen molar-refractivity contribution in [1.29, 1.82) is 0 Å². The molecular weight excluding hydrogens is 513 g/mol. The molecule has 0 atom stereocenters. The zero-order chi connectivity index (χ0) is 26.5. The lowest BCUT2D eigenvalue weighted by Gasteiger charge is -2.19. The minimum absolute atomic E-state index is 0.0888. The molecule has 0 unspecified atom stereocenters. The van der Waals surface area contributed by atoms with Crippen molar-refractivity contribution in [3.8, 4) is 11.3 Å². The monoisotopic (exact) mass is 535 g/mol.